The minimum absolute atomic E-state index is 0.649. The van der Waals surface area contributed by atoms with E-state index in [-0.39, 0.29) is 0 Å². The molecule has 0 saturated heterocycles. The Morgan fingerprint density at radius 3 is 2.68 bits per heavy atom. The third kappa shape index (κ3) is 4.18. The molecule has 19 heavy (non-hydrogen) atoms. The molecule has 0 radical (unpaired) electrons. The highest BCUT2D eigenvalue weighted by atomic mass is 79.9. The summed E-state index contributed by atoms with van der Waals surface area (Å²) >= 11 is 3.34. The van der Waals surface area contributed by atoms with Crippen LogP contribution in [0.5, 0.6) is 0 Å². The topological polar surface area (TPSA) is 43.2 Å². The van der Waals surface area contributed by atoms with Crippen LogP contribution >= 0.6 is 15.9 Å². The molecule has 1 heterocycles. The van der Waals surface area contributed by atoms with Gasteiger partial charge >= 0.3 is 0 Å². The number of nitrogens with zero attached hydrogens (tertiary/aromatic N) is 4. The summed E-state index contributed by atoms with van der Waals surface area (Å²) in [4.78, 5) is 6.77. The van der Waals surface area contributed by atoms with Crippen molar-refractivity contribution in [3.8, 4) is 0 Å². The molecule has 0 spiro atoms. The van der Waals surface area contributed by atoms with Gasteiger partial charge in [-0.15, -0.1) is 5.10 Å². The summed E-state index contributed by atoms with van der Waals surface area (Å²) in [6, 6.07) is 0. The van der Waals surface area contributed by atoms with Crippen LogP contribution in [0.15, 0.2) is 4.73 Å². The molecule has 1 fully saturated rings. The predicted molar refractivity (Wildman–Crippen MR) is 79.4 cm³/mol. The van der Waals surface area contributed by atoms with Crippen LogP contribution in [0, 0.1) is 5.92 Å². The van der Waals surface area contributed by atoms with Gasteiger partial charge in [0.15, 0.2) is 0 Å². The number of hydrogen-bond acceptors (Lipinski definition) is 4. The van der Waals surface area contributed by atoms with E-state index in [9.17, 15) is 0 Å². The van der Waals surface area contributed by atoms with E-state index in [1.807, 2.05) is 11.7 Å². The Hall–Kier alpha value is -0.620. The molecule has 6 heteroatoms. The van der Waals surface area contributed by atoms with Gasteiger partial charge in [0.2, 0.25) is 10.7 Å². The van der Waals surface area contributed by atoms with Gasteiger partial charge in [-0.05, 0) is 34.7 Å². The summed E-state index contributed by atoms with van der Waals surface area (Å²) in [6.07, 6.45) is 6.80. The number of anilines is 1. The van der Waals surface area contributed by atoms with Crippen LogP contribution in [0.4, 0.5) is 5.95 Å². The van der Waals surface area contributed by atoms with Crippen molar-refractivity contribution in [1.82, 2.24) is 14.8 Å². The summed E-state index contributed by atoms with van der Waals surface area (Å²) in [5.74, 6) is 1.70. The predicted octanol–water partition coefficient (Wildman–Crippen LogP) is 2.61. The maximum atomic E-state index is 5.22. The smallest absolute Gasteiger partial charge is 0.224 e. The van der Waals surface area contributed by atoms with E-state index in [0.29, 0.717) is 4.73 Å². The van der Waals surface area contributed by atoms with Crippen LogP contribution in [0.25, 0.3) is 0 Å². The molecule has 1 saturated carbocycles. The highest BCUT2D eigenvalue weighted by Crippen LogP contribution is 2.26. The molecule has 0 aromatic carbocycles. The highest BCUT2D eigenvalue weighted by molar-refractivity contribution is 9.10. The lowest BCUT2D eigenvalue weighted by atomic mass is 9.89. The molecule has 1 aliphatic rings. The van der Waals surface area contributed by atoms with E-state index in [0.717, 1.165) is 31.6 Å². The quantitative estimate of drug-likeness (QED) is 0.804. The number of aryl methyl sites for hydroxylation is 1. The monoisotopic (exact) mass is 330 g/mol. The highest BCUT2D eigenvalue weighted by Gasteiger charge is 2.20. The molecule has 1 aliphatic carbocycles. The molecular weight excluding hydrogens is 308 g/mol. The largest absolute Gasteiger partial charge is 0.383 e. The standard InChI is InChI=1S/C13H23BrN4O/c1-17-13(15-12(14)16-17)18(8-9-19-2)10-11-6-4-3-5-7-11/h11H,3-10H2,1-2H3. The molecule has 1 aromatic heterocycles. The molecule has 0 atom stereocenters. The zero-order valence-electron chi connectivity index (χ0n) is 11.8. The number of ether oxygens (including phenoxy) is 1. The van der Waals surface area contributed by atoms with Crippen LogP contribution in [-0.4, -0.2) is 41.6 Å². The number of halogens is 1. The van der Waals surface area contributed by atoms with Gasteiger partial charge < -0.3 is 9.64 Å². The molecule has 2 rings (SSSR count). The van der Waals surface area contributed by atoms with Gasteiger partial charge in [-0.25, -0.2) is 4.68 Å². The van der Waals surface area contributed by atoms with Crippen molar-refractivity contribution in [2.24, 2.45) is 13.0 Å². The van der Waals surface area contributed by atoms with Crippen molar-refractivity contribution in [3.05, 3.63) is 4.73 Å². The second-order valence-electron chi connectivity index (χ2n) is 5.25. The fraction of sp³-hybridized carbons (Fsp3) is 0.846. The number of hydrogen-bond donors (Lipinski definition) is 0. The van der Waals surface area contributed by atoms with Crippen LogP contribution in [0.2, 0.25) is 0 Å². The van der Waals surface area contributed by atoms with E-state index in [1.165, 1.54) is 32.1 Å². The maximum absolute atomic E-state index is 5.22. The van der Waals surface area contributed by atoms with Crippen molar-refractivity contribution in [2.75, 3.05) is 31.7 Å². The van der Waals surface area contributed by atoms with Crippen LogP contribution < -0.4 is 4.90 Å². The van der Waals surface area contributed by atoms with Crippen molar-refractivity contribution in [3.63, 3.8) is 0 Å². The minimum Gasteiger partial charge on any atom is -0.383 e. The van der Waals surface area contributed by atoms with Crippen LogP contribution in [-0.2, 0) is 11.8 Å². The first-order valence-electron chi connectivity index (χ1n) is 7.01. The molecule has 0 aliphatic heterocycles. The molecular formula is C13H23BrN4O. The Kier molecular flexibility index (Phi) is 5.63. The van der Waals surface area contributed by atoms with Crippen molar-refractivity contribution in [2.45, 2.75) is 32.1 Å². The summed E-state index contributed by atoms with van der Waals surface area (Å²) in [5.41, 5.74) is 0. The molecule has 108 valence electrons. The van der Waals surface area contributed by atoms with Gasteiger partial charge in [-0.2, -0.15) is 4.98 Å². The van der Waals surface area contributed by atoms with Crippen molar-refractivity contribution >= 4 is 21.9 Å². The Balaban J connectivity index is 2.04. The summed E-state index contributed by atoms with van der Waals surface area (Å²) in [5, 5.41) is 4.27. The van der Waals surface area contributed by atoms with Gasteiger partial charge in [0, 0.05) is 27.2 Å². The third-order valence-electron chi connectivity index (χ3n) is 3.77. The fourth-order valence-corrected chi connectivity index (χ4v) is 3.17. The van der Waals surface area contributed by atoms with Gasteiger partial charge in [0.05, 0.1) is 6.61 Å². The Bertz CT molecular complexity index is 390. The number of rotatable bonds is 6. The van der Waals surface area contributed by atoms with Gasteiger partial charge in [-0.1, -0.05) is 19.3 Å². The second kappa shape index (κ2) is 7.24. The number of methoxy groups -OCH3 is 1. The molecule has 0 amide bonds. The lowest BCUT2D eigenvalue weighted by Gasteiger charge is -2.29. The fourth-order valence-electron chi connectivity index (χ4n) is 2.78. The van der Waals surface area contributed by atoms with Crippen LogP contribution in [0.1, 0.15) is 32.1 Å². The lowest BCUT2D eigenvalue weighted by Crippen LogP contribution is -2.35. The Morgan fingerprint density at radius 1 is 1.37 bits per heavy atom. The van der Waals surface area contributed by atoms with E-state index >= 15 is 0 Å². The van der Waals surface area contributed by atoms with E-state index in [2.05, 4.69) is 30.9 Å². The molecule has 0 N–H and O–H groups in total. The van der Waals surface area contributed by atoms with Crippen molar-refractivity contribution < 1.29 is 4.74 Å². The van der Waals surface area contributed by atoms with Crippen molar-refractivity contribution in [1.29, 1.82) is 0 Å². The Labute approximate surface area is 123 Å². The third-order valence-corrected chi connectivity index (χ3v) is 4.10. The molecule has 1 aromatic rings. The molecule has 0 bridgehead atoms. The maximum Gasteiger partial charge on any atom is 0.224 e. The second-order valence-corrected chi connectivity index (χ2v) is 5.96. The van der Waals surface area contributed by atoms with Gasteiger partial charge in [0.25, 0.3) is 0 Å². The van der Waals surface area contributed by atoms with E-state index in [4.69, 9.17) is 4.74 Å². The van der Waals surface area contributed by atoms with E-state index < -0.39 is 0 Å². The molecule has 5 nitrogen and oxygen atoms in total. The first-order chi connectivity index (χ1) is 9.20. The van der Waals surface area contributed by atoms with E-state index in [1.54, 1.807) is 7.11 Å². The van der Waals surface area contributed by atoms with Gasteiger partial charge in [0.1, 0.15) is 0 Å². The summed E-state index contributed by atoms with van der Waals surface area (Å²) < 4.78 is 7.70. The first kappa shape index (κ1) is 14.8. The average Bonchev–Trinajstić information content (AvgIpc) is 2.75. The summed E-state index contributed by atoms with van der Waals surface area (Å²) in [6.45, 7) is 2.64. The number of aromatic nitrogens is 3. The van der Waals surface area contributed by atoms with Crippen LogP contribution in [0.3, 0.4) is 0 Å². The van der Waals surface area contributed by atoms with Gasteiger partial charge in [-0.3, -0.25) is 0 Å². The Morgan fingerprint density at radius 2 is 2.11 bits per heavy atom. The molecule has 0 unspecified atom stereocenters. The SMILES string of the molecule is COCCN(CC1CCCCC1)c1nc(Br)nn1C. The average molecular weight is 331 g/mol. The first-order valence-corrected chi connectivity index (χ1v) is 7.80. The normalized spacial score (nSPS) is 16.8. The zero-order chi connectivity index (χ0) is 13.7. The summed E-state index contributed by atoms with van der Waals surface area (Å²) in [7, 11) is 3.68. The zero-order valence-corrected chi connectivity index (χ0v) is 13.4. The minimum atomic E-state index is 0.649. The lowest BCUT2D eigenvalue weighted by molar-refractivity contribution is 0.202.